The van der Waals surface area contributed by atoms with Gasteiger partial charge in [0.25, 0.3) is 0 Å². The summed E-state index contributed by atoms with van der Waals surface area (Å²) in [5.41, 5.74) is -0.492. The average Bonchev–Trinajstić information content (AvgIpc) is 2.70. The molecule has 1 aromatic rings. The summed E-state index contributed by atoms with van der Waals surface area (Å²) in [4.78, 5) is 23.9. The molecule has 1 aromatic carbocycles. The van der Waals surface area contributed by atoms with Gasteiger partial charge in [-0.1, -0.05) is 6.42 Å². The fraction of sp³-hybridized carbons (Fsp3) is 0.438. The van der Waals surface area contributed by atoms with E-state index in [1.165, 1.54) is 6.92 Å². The third kappa shape index (κ3) is 7.85. The standard InChI is InChI=1S/C16H23N3O4/c1-2-22-15(21)12-7-9-13(10-8-12)23-14(20)6-4-3-5-11-19-16(17)18/h7-10H,2-6,11H2,1H3,(H4,17,18,19)/i7D,8D,9D,10D/hD4. The molecule has 4 N–H and O–H groups in total. The fourth-order valence-corrected chi connectivity index (χ4v) is 1.56. The number of unbranched alkanes of at least 4 members (excludes halogenated alkanes) is 2. The summed E-state index contributed by atoms with van der Waals surface area (Å²) in [5.74, 6) is -2.84. The minimum Gasteiger partial charge on any atom is -0.462 e. The highest BCUT2D eigenvalue weighted by molar-refractivity contribution is 5.89. The molecule has 0 aliphatic rings. The van der Waals surface area contributed by atoms with Gasteiger partial charge in [-0.05, 0) is 43.9 Å². The minimum absolute atomic E-state index is 0.00516. The van der Waals surface area contributed by atoms with Gasteiger partial charge in [0.2, 0.25) is 0 Å². The highest BCUT2D eigenvalue weighted by atomic mass is 16.5. The molecule has 0 fully saturated rings. The number of hydrogen-bond acceptors (Lipinski definition) is 5. The third-order valence-electron chi connectivity index (χ3n) is 2.59. The molecule has 126 valence electrons. The van der Waals surface area contributed by atoms with Crippen LogP contribution in [0.2, 0.25) is 5.65 Å². The van der Waals surface area contributed by atoms with E-state index >= 15 is 0 Å². The topological polar surface area (TPSA) is 115 Å². The number of carbonyl (C=O) groups excluding carboxylic acids is 2. The number of carbonyl (C=O) groups is 2. The summed E-state index contributed by atoms with van der Waals surface area (Å²) in [5, 5.41) is 3.62. The van der Waals surface area contributed by atoms with Crippen molar-refractivity contribution >= 4 is 17.9 Å². The molecule has 0 aliphatic heterocycles. The summed E-state index contributed by atoms with van der Waals surface area (Å²) in [6, 6.07) is -2.66. The molecule has 0 heterocycles. The largest absolute Gasteiger partial charge is 0.462 e. The molecule has 0 amide bonds. The van der Waals surface area contributed by atoms with Crippen molar-refractivity contribution in [1.29, 1.82) is 5.40 Å². The minimum atomic E-state index is -1.00. The van der Waals surface area contributed by atoms with Crippen LogP contribution in [0.4, 0.5) is 0 Å². The number of nitrogens with one attached hydrogen (secondary N) is 2. The Morgan fingerprint density at radius 2 is 2.17 bits per heavy atom. The van der Waals surface area contributed by atoms with Crippen LogP contribution in [0.3, 0.4) is 0 Å². The molecule has 23 heavy (non-hydrogen) atoms. The number of rotatable bonds is 9. The Balaban J connectivity index is 2.68. The highest BCUT2D eigenvalue weighted by Crippen LogP contribution is 2.14. The Labute approximate surface area is 147 Å². The van der Waals surface area contributed by atoms with E-state index in [4.69, 9.17) is 20.6 Å². The molecule has 0 aromatic heterocycles. The van der Waals surface area contributed by atoms with Crippen molar-refractivity contribution < 1.29 is 30.2 Å². The summed E-state index contributed by atoms with van der Waals surface area (Å²) >= 11 is 0. The number of benzene rings is 1. The lowest BCUT2D eigenvalue weighted by Crippen LogP contribution is -2.30. The maximum absolute atomic E-state index is 12.1. The predicted octanol–water partition coefficient (Wildman–Crippen LogP) is 1.81. The number of ether oxygens (including phenoxy) is 2. The van der Waals surface area contributed by atoms with Crippen molar-refractivity contribution in [3.05, 3.63) is 29.7 Å². The molecule has 7 nitrogen and oxygen atoms in total. The van der Waals surface area contributed by atoms with Gasteiger partial charge >= 0.3 is 11.9 Å². The second kappa shape index (κ2) is 10.2. The van der Waals surface area contributed by atoms with Crippen LogP contribution >= 0.6 is 0 Å². The van der Waals surface area contributed by atoms with Crippen LogP contribution in [0.25, 0.3) is 0 Å². The first-order valence-electron chi connectivity index (χ1n) is 10.9. The van der Waals surface area contributed by atoms with Gasteiger partial charge in [0.15, 0.2) is 11.6 Å². The predicted molar refractivity (Wildman–Crippen MR) is 86.4 cm³/mol. The molecule has 0 radical (unpaired) electrons. The lowest BCUT2D eigenvalue weighted by Gasteiger charge is -2.06. The van der Waals surface area contributed by atoms with E-state index in [1.807, 2.05) is 0 Å². The molecule has 0 unspecified atom stereocenters. The second-order valence-corrected chi connectivity index (χ2v) is 4.39. The number of hydrogen-bond donors (Lipinski definition) is 3. The van der Waals surface area contributed by atoms with Crippen molar-refractivity contribution in [2.24, 2.45) is 5.72 Å². The van der Waals surface area contributed by atoms with E-state index in [0.717, 1.165) is 0 Å². The average molecular weight is 329 g/mol. The smallest absolute Gasteiger partial charge is 0.338 e. The van der Waals surface area contributed by atoms with E-state index in [9.17, 15) is 9.59 Å². The summed E-state index contributed by atoms with van der Waals surface area (Å²) in [6.45, 7) is 1.61. The zero-order valence-corrected chi connectivity index (χ0v) is 12.7. The first-order chi connectivity index (χ1) is 14.6. The Kier molecular flexibility index (Phi) is 4.23. The van der Waals surface area contributed by atoms with Gasteiger partial charge in [0.05, 0.1) is 17.7 Å². The molecule has 1 rings (SSSR count). The van der Waals surface area contributed by atoms with E-state index in [2.05, 4.69) is 5.40 Å². The van der Waals surface area contributed by atoms with Crippen LogP contribution in [-0.4, -0.2) is 31.0 Å². The summed E-state index contributed by atoms with van der Waals surface area (Å²) in [7, 11) is 0. The first-order valence-corrected chi connectivity index (χ1v) is 7.11. The molecule has 0 saturated carbocycles. The zero-order valence-electron chi connectivity index (χ0n) is 20.7. The lowest BCUT2D eigenvalue weighted by atomic mass is 10.2. The Hall–Kier alpha value is -2.57. The van der Waals surface area contributed by atoms with Gasteiger partial charge in [-0.2, -0.15) is 0 Å². The van der Waals surface area contributed by atoms with Crippen LogP contribution in [0, 0.1) is 5.40 Å². The molecular weight excluding hydrogens is 298 g/mol. The molecule has 7 heteroatoms. The molecule has 0 aliphatic carbocycles. The Morgan fingerprint density at radius 1 is 1.39 bits per heavy atom. The van der Waals surface area contributed by atoms with Gasteiger partial charge < -0.3 is 20.5 Å². The van der Waals surface area contributed by atoms with Gasteiger partial charge in [-0.15, -0.1) is 0 Å². The van der Waals surface area contributed by atoms with Crippen molar-refractivity contribution in [2.45, 2.75) is 32.6 Å². The highest BCUT2D eigenvalue weighted by Gasteiger charge is 2.08. The maximum atomic E-state index is 12.1. The van der Waals surface area contributed by atoms with Gasteiger partial charge in [-0.25, -0.2) is 4.79 Å². The van der Waals surface area contributed by atoms with Crippen LogP contribution in [-0.2, 0) is 9.53 Å². The number of nitrogens with two attached hydrogens (primary N) is 1. The third-order valence-corrected chi connectivity index (χ3v) is 2.59. The van der Waals surface area contributed by atoms with E-state index < -0.39 is 53.4 Å². The quantitative estimate of drug-likeness (QED) is 0.209. The van der Waals surface area contributed by atoms with Crippen molar-refractivity contribution in [3.63, 3.8) is 0 Å². The van der Waals surface area contributed by atoms with E-state index in [1.54, 1.807) is 0 Å². The lowest BCUT2D eigenvalue weighted by molar-refractivity contribution is -0.134. The van der Waals surface area contributed by atoms with Crippen LogP contribution in [0.15, 0.2) is 24.2 Å². The monoisotopic (exact) mass is 329 g/mol. The van der Waals surface area contributed by atoms with Gasteiger partial charge in [0.1, 0.15) is 5.75 Å². The fourth-order valence-electron chi connectivity index (χ4n) is 1.56. The molecular formula is C16H23N3O4. The van der Waals surface area contributed by atoms with Crippen LogP contribution in [0.1, 0.15) is 48.4 Å². The summed E-state index contributed by atoms with van der Waals surface area (Å²) < 4.78 is 69.8. The van der Waals surface area contributed by atoms with Gasteiger partial charge in [-0.3, -0.25) is 10.2 Å². The molecule has 0 spiro atoms. The number of guanidine groups is 1. The summed E-state index contributed by atoms with van der Waals surface area (Å²) in [6.07, 6.45) is 1.09. The SMILES string of the molecule is [2H]N=C(N([2H])[2H])N([2H])CCCCCC(=O)Oc1c([2H])c([2H])c(C(=O)OCC)c([2H])c1[2H]. The second-order valence-electron chi connectivity index (χ2n) is 4.39. The van der Waals surface area contributed by atoms with Crippen LogP contribution < -0.4 is 15.8 Å². The van der Waals surface area contributed by atoms with Crippen molar-refractivity contribution in [3.8, 4) is 5.75 Å². The number of esters is 2. The molecule has 0 atom stereocenters. The van der Waals surface area contributed by atoms with E-state index in [-0.39, 0.29) is 25.3 Å². The molecule has 0 bridgehead atoms. The first kappa shape index (κ1) is 9.54. The van der Waals surface area contributed by atoms with Gasteiger partial charge in [0, 0.05) is 13.0 Å². The maximum Gasteiger partial charge on any atom is 0.338 e. The Morgan fingerprint density at radius 3 is 2.83 bits per heavy atom. The molecule has 0 saturated heterocycles. The Bertz CT molecular complexity index is 809. The van der Waals surface area contributed by atoms with Crippen LogP contribution in [0.5, 0.6) is 5.75 Å². The van der Waals surface area contributed by atoms with Crippen molar-refractivity contribution in [1.82, 2.24) is 5.31 Å². The normalized spacial score (nSPS) is 15.6. The van der Waals surface area contributed by atoms with E-state index in [0.29, 0.717) is 24.6 Å². The van der Waals surface area contributed by atoms with Crippen molar-refractivity contribution in [2.75, 3.05) is 13.2 Å². The zero-order chi connectivity index (χ0) is 23.7.